The standard InChI is InChI=1S/C14H18Cl2O/c1-2-10-5-4-8-14(17,9-10)11-6-3-7-12(15)13(11)16/h3,6-7,10,17H,2,4-5,8-9H2,1H3. The van der Waals surface area contributed by atoms with Crippen molar-refractivity contribution in [3.05, 3.63) is 33.8 Å². The molecule has 1 saturated carbocycles. The topological polar surface area (TPSA) is 20.2 Å². The molecule has 3 heteroatoms. The number of hydrogen-bond acceptors (Lipinski definition) is 1. The summed E-state index contributed by atoms with van der Waals surface area (Å²) < 4.78 is 0. The van der Waals surface area contributed by atoms with E-state index >= 15 is 0 Å². The van der Waals surface area contributed by atoms with E-state index in [0.29, 0.717) is 16.0 Å². The first-order valence-corrected chi connectivity index (χ1v) is 6.99. The second kappa shape index (κ2) is 5.17. The lowest BCUT2D eigenvalue weighted by atomic mass is 9.73. The molecule has 2 rings (SSSR count). The monoisotopic (exact) mass is 272 g/mol. The quantitative estimate of drug-likeness (QED) is 0.822. The van der Waals surface area contributed by atoms with E-state index in [-0.39, 0.29) is 0 Å². The van der Waals surface area contributed by atoms with Gasteiger partial charge in [0, 0.05) is 5.56 Å². The fourth-order valence-corrected chi connectivity index (χ4v) is 3.30. The van der Waals surface area contributed by atoms with Gasteiger partial charge < -0.3 is 5.11 Å². The predicted molar refractivity (Wildman–Crippen MR) is 72.6 cm³/mol. The van der Waals surface area contributed by atoms with E-state index in [1.165, 1.54) is 6.42 Å². The van der Waals surface area contributed by atoms with Crippen LogP contribution in [-0.4, -0.2) is 5.11 Å². The van der Waals surface area contributed by atoms with Crippen LogP contribution in [0.2, 0.25) is 10.0 Å². The van der Waals surface area contributed by atoms with Crippen molar-refractivity contribution in [1.29, 1.82) is 0 Å². The van der Waals surface area contributed by atoms with Gasteiger partial charge in [-0.3, -0.25) is 0 Å². The molecule has 1 aromatic rings. The minimum atomic E-state index is -0.791. The second-order valence-corrected chi connectivity index (χ2v) is 5.79. The highest BCUT2D eigenvalue weighted by Gasteiger charge is 2.36. The minimum absolute atomic E-state index is 0.508. The van der Waals surface area contributed by atoms with Crippen molar-refractivity contribution in [1.82, 2.24) is 0 Å². The lowest BCUT2D eigenvalue weighted by Crippen LogP contribution is -2.32. The maximum atomic E-state index is 10.8. The van der Waals surface area contributed by atoms with Crippen LogP contribution in [0.5, 0.6) is 0 Å². The Balaban J connectivity index is 2.33. The van der Waals surface area contributed by atoms with Crippen molar-refractivity contribution >= 4 is 23.2 Å². The van der Waals surface area contributed by atoms with Crippen LogP contribution in [0.4, 0.5) is 0 Å². The molecule has 0 aromatic heterocycles. The van der Waals surface area contributed by atoms with E-state index in [1.54, 1.807) is 6.07 Å². The Hall–Kier alpha value is -0.240. The highest BCUT2D eigenvalue weighted by atomic mass is 35.5. The number of benzene rings is 1. The van der Waals surface area contributed by atoms with Crippen LogP contribution in [0, 0.1) is 5.92 Å². The van der Waals surface area contributed by atoms with Gasteiger partial charge in [0.25, 0.3) is 0 Å². The maximum Gasteiger partial charge on any atom is 0.0914 e. The molecule has 2 atom stereocenters. The Kier molecular flexibility index (Phi) is 4.02. The van der Waals surface area contributed by atoms with E-state index in [4.69, 9.17) is 23.2 Å². The molecule has 1 aliphatic rings. The van der Waals surface area contributed by atoms with Crippen molar-refractivity contribution in [3.63, 3.8) is 0 Å². The van der Waals surface area contributed by atoms with Gasteiger partial charge in [-0.1, -0.05) is 55.1 Å². The summed E-state index contributed by atoms with van der Waals surface area (Å²) in [5, 5.41) is 11.8. The second-order valence-electron chi connectivity index (χ2n) is 5.00. The molecule has 0 bridgehead atoms. The molecular weight excluding hydrogens is 255 g/mol. The summed E-state index contributed by atoms with van der Waals surface area (Å²) in [6, 6.07) is 5.51. The summed E-state index contributed by atoms with van der Waals surface area (Å²) in [7, 11) is 0. The zero-order chi connectivity index (χ0) is 12.5. The molecule has 1 fully saturated rings. The summed E-state index contributed by atoms with van der Waals surface area (Å²) in [5.74, 6) is 0.587. The first-order valence-electron chi connectivity index (χ1n) is 6.23. The van der Waals surface area contributed by atoms with Crippen molar-refractivity contribution in [2.45, 2.75) is 44.6 Å². The molecule has 0 heterocycles. The lowest BCUT2D eigenvalue weighted by Gasteiger charge is -2.37. The van der Waals surface area contributed by atoms with Crippen LogP contribution in [0.25, 0.3) is 0 Å². The largest absolute Gasteiger partial charge is 0.385 e. The number of rotatable bonds is 2. The van der Waals surface area contributed by atoms with Crippen molar-refractivity contribution < 1.29 is 5.11 Å². The van der Waals surface area contributed by atoms with E-state index in [2.05, 4.69) is 6.92 Å². The van der Waals surface area contributed by atoms with Crippen LogP contribution >= 0.6 is 23.2 Å². The number of hydrogen-bond donors (Lipinski definition) is 1. The summed E-state index contributed by atoms with van der Waals surface area (Å²) in [4.78, 5) is 0. The molecule has 0 spiro atoms. The van der Waals surface area contributed by atoms with Gasteiger partial charge in [-0.15, -0.1) is 0 Å². The van der Waals surface area contributed by atoms with Crippen molar-refractivity contribution in [2.75, 3.05) is 0 Å². The van der Waals surface area contributed by atoms with Crippen LogP contribution in [-0.2, 0) is 5.60 Å². The van der Waals surface area contributed by atoms with Gasteiger partial charge in [0.2, 0.25) is 0 Å². The average molecular weight is 273 g/mol. The van der Waals surface area contributed by atoms with Gasteiger partial charge >= 0.3 is 0 Å². The van der Waals surface area contributed by atoms with E-state index in [1.807, 2.05) is 12.1 Å². The van der Waals surface area contributed by atoms with Gasteiger partial charge in [-0.25, -0.2) is 0 Å². The minimum Gasteiger partial charge on any atom is -0.385 e. The van der Waals surface area contributed by atoms with Gasteiger partial charge in [-0.2, -0.15) is 0 Å². The zero-order valence-electron chi connectivity index (χ0n) is 10.0. The molecule has 1 nitrogen and oxygen atoms in total. The normalized spacial score (nSPS) is 29.3. The van der Waals surface area contributed by atoms with Gasteiger partial charge in [0.15, 0.2) is 0 Å². The van der Waals surface area contributed by atoms with Gasteiger partial charge in [0.1, 0.15) is 0 Å². The molecule has 17 heavy (non-hydrogen) atoms. The molecule has 0 radical (unpaired) electrons. The summed E-state index contributed by atoms with van der Waals surface area (Å²) >= 11 is 12.2. The molecule has 94 valence electrons. The first kappa shape index (κ1) is 13.2. The van der Waals surface area contributed by atoms with Gasteiger partial charge in [-0.05, 0) is 31.2 Å². The van der Waals surface area contributed by atoms with Gasteiger partial charge in [0.05, 0.1) is 15.6 Å². The molecule has 2 unspecified atom stereocenters. The fraction of sp³-hybridized carbons (Fsp3) is 0.571. The third-order valence-electron chi connectivity index (χ3n) is 3.86. The SMILES string of the molecule is CCC1CCCC(O)(c2cccc(Cl)c2Cl)C1. The third kappa shape index (κ3) is 2.62. The smallest absolute Gasteiger partial charge is 0.0914 e. The zero-order valence-corrected chi connectivity index (χ0v) is 11.6. The Labute approximate surface area is 113 Å². The van der Waals surface area contributed by atoms with E-state index < -0.39 is 5.60 Å². The van der Waals surface area contributed by atoms with Crippen molar-refractivity contribution in [3.8, 4) is 0 Å². The highest BCUT2D eigenvalue weighted by Crippen LogP contribution is 2.44. The summed E-state index contributed by atoms with van der Waals surface area (Å²) in [6.07, 6.45) is 4.95. The molecule has 1 aliphatic carbocycles. The summed E-state index contributed by atoms with van der Waals surface area (Å²) in [5.41, 5.74) is 0.00536. The molecule has 1 aromatic carbocycles. The Morgan fingerprint density at radius 3 is 2.88 bits per heavy atom. The third-order valence-corrected chi connectivity index (χ3v) is 4.68. The molecule has 0 amide bonds. The Bertz CT molecular complexity index is 405. The Morgan fingerprint density at radius 1 is 1.41 bits per heavy atom. The van der Waals surface area contributed by atoms with E-state index in [0.717, 1.165) is 31.2 Å². The number of halogens is 2. The number of aliphatic hydroxyl groups is 1. The van der Waals surface area contributed by atoms with Crippen molar-refractivity contribution in [2.24, 2.45) is 5.92 Å². The average Bonchev–Trinajstić information content (AvgIpc) is 2.32. The van der Waals surface area contributed by atoms with Crippen LogP contribution in [0.15, 0.2) is 18.2 Å². The highest BCUT2D eigenvalue weighted by molar-refractivity contribution is 6.42. The van der Waals surface area contributed by atoms with E-state index in [9.17, 15) is 5.11 Å². The first-order chi connectivity index (χ1) is 8.07. The summed E-state index contributed by atoms with van der Waals surface area (Å²) in [6.45, 7) is 2.18. The predicted octanol–water partition coefficient (Wildman–Crippen LogP) is 4.78. The molecule has 1 N–H and O–H groups in total. The maximum absolute atomic E-state index is 10.8. The molecule has 0 saturated heterocycles. The lowest BCUT2D eigenvalue weighted by molar-refractivity contribution is -0.0216. The van der Waals surface area contributed by atoms with Crippen LogP contribution in [0.3, 0.4) is 0 Å². The fourth-order valence-electron chi connectivity index (χ4n) is 2.82. The molecular formula is C14H18Cl2O. The molecule has 0 aliphatic heterocycles. The Morgan fingerprint density at radius 2 is 2.18 bits per heavy atom. The van der Waals surface area contributed by atoms with Crippen LogP contribution < -0.4 is 0 Å². The van der Waals surface area contributed by atoms with Crippen LogP contribution in [0.1, 0.15) is 44.6 Å².